The SMILES string of the molecule is N[C@@H](CC(=O)[O-])C(=O)O.N[C@@H](Cc1c[n-]cn1)C(=O)O.N[C@@H](Cc1c[n-]cn1)C(=O)O.N[C@@H](Cc1c[n-]cn1)C(=O)O.N[C@@H](Cc1c[n-]cn1)C(=O)O.N[C@@H](Cc1c[n-]cn1)C(=O)O.N[C@@H](Cc1c[n-]cn1)C(=O)O.[Cu+2].[H+].[H+].[H+].[Zn+2]. The molecule has 421 valence electrons. The fourth-order valence-electron chi connectivity index (χ4n) is 4.34. The third kappa shape index (κ3) is 36.5. The number of carboxylic acids is 8. The van der Waals surface area contributed by atoms with Crippen molar-refractivity contribution in [2.45, 2.75) is 87.2 Å². The molecule has 35 nitrogen and oxygen atoms in total. The van der Waals surface area contributed by atoms with E-state index in [1.165, 1.54) is 75.1 Å². The van der Waals surface area contributed by atoms with Crippen LogP contribution in [-0.2, 0) is 113 Å². The maximum absolute atomic E-state index is 10.3. The molecule has 0 saturated heterocycles. The molecule has 6 aromatic heterocycles. The Kier molecular flexibility index (Phi) is 39.1. The van der Waals surface area contributed by atoms with Crippen LogP contribution in [0.25, 0.3) is 0 Å². The number of rotatable bonds is 21. The second kappa shape index (κ2) is 41.2. The summed E-state index contributed by atoms with van der Waals surface area (Å²) in [7, 11) is 0. The molecule has 0 saturated carbocycles. The first-order chi connectivity index (χ1) is 35.2. The van der Waals surface area contributed by atoms with Gasteiger partial charge in [0.1, 0.15) is 42.3 Å². The number of hydrogen-bond donors (Lipinski definition) is 14. The minimum atomic E-state index is -1.45. The zero-order chi connectivity index (χ0) is 57.0. The van der Waals surface area contributed by atoms with Crippen molar-refractivity contribution in [2.75, 3.05) is 0 Å². The van der Waals surface area contributed by atoms with Gasteiger partial charge >= 0.3 is 82.6 Å². The van der Waals surface area contributed by atoms with Crippen LogP contribution in [0.2, 0.25) is 0 Å². The molecule has 0 unspecified atom stereocenters. The summed E-state index contributed by atoms with van der Waals surface area (Å²) in [6.07, 6.45) is 18.0. The van der Waals surface area contributed by atoms with Crippen molar-refractivity contribution in [3.63, 3.8) is 0 Å². The Morgan fingerprint density at radius 3 is 0.584 bits per heavy atom. The van der Waals surface area contributed by atoms with Crippen molar-refractivity contribution >= 4 is 47.8 Å². The van der Waals surface area contributed by atoms with E-state index in [-0.39, 0.29) is 79.4 Å². The zero-order valence-corrected chi connectivity index (χ0v) is 44.0. The molecular weight excluding hydrogens is 1130 g/mol. The average molecular weight is 1190 g/mol. The van der Waals surface area contributed by atoms with E-state index in [0.29, 0.717) is 34.2 Å². The molecule has 0 spiro atoms. The Morgan fingerprint density at radius 1 is 0.364 bits per heavy atom. The molecule has 0 bridgehead atoms. The Bertz CT molecular complexity index is 2120. The monoisotopic (exact) mass is 1190 g/mol. The number of aliphatic carboxylic acids is 8. The number of nitrogens with zero attached hydrogens (tertiary/aromatic N) is 12. The predicted molar refractivity (Wildman–Crippen MR) is 250 cm³/mol. The van der Waals surface area contributed by atoms with Gasteiger partial charge in [0.15, 0.2) is 0 Å². The van der Waals surface area contributed by atoms with Gasteiger partial charge in [0.2, 0.25) is 0 Å². The maximum Gasteiger partial charge on any atom is 2.00 e. The first-order valence-electron chi connectivity index (χ1n) is 20.8. The molecule has 6 rings (SSSR count). The Morgan fingerprint density at radius 2 is 0.506 bits per heavy atom. The molecule has 0 aliphatic heterocycles. The molecule has 6 heterocycles. The fourth-order valence-corrected chi connectivity index (χ4v) is 4.34. The van der Waals surface area contributed by atoms with Crippen molar-refractivity contribution in [2.24, 2.45) is 40.1 Å². The van der Waals surface area contributed by atoms with Gasteiger partial charge < -0.3 is 146 Å². The van der Waals surface area contributed by atoms with Crippen LogP contribution in [0, 0.1) is 0 Å². The van der Waals surface area contributed by atoms with Gasteiger partial charge in [-0.3, -0.25) is 33.6 Å². The summed E-state index contributed by atoms with van der Waals surface area (Å²) < 4.78 is 0. The molecule has 21 N–H and O–H groups in total. The van der Waals surface area contributed by atoms with Gasteiger partial charge in [0, 0.05) is 12.4 Å². The summed E-state index contributed by atoms with van der Waals surface area (Å²) in [6.45, 7) is 0. The molecule has 1 radical (unpaired) electrons. The zero-order valence-electron chi connectivity index (χ0n) is 43.1. The molecule has 0 aliphatic carbocycles. The van der Waals surface area contributed by atoms with Crippen molar-refractivity contribution in [3.05, 3.63) is 109 Å². The van der Waals surface area contributed by atoms with Crippen molar-refractivity contribution in [1.82, 2.24) is 59.8 Å². The van der Waals surface area contributed by atoms with Gasteiger partial charge in [-0.25, -0.2) is 0 Å². The number of imidazole rings is 6. The van der Waals surface area contributed by atoms with E-state index in [0.717, 1.165) is 0 Å². The van der Waals surface area contributed by atoms with Gasteiger partial charge in [0.25, 0.3) is 0 Å². The standard InChI is InChI=1S/6C6H9N3O2.C4H7NO4.Cu.Zn/c6*7-5(6(10)11)1-4-2-8-3-9-4;5-2(4(8)9)1-3(6)7;;/h6*2-3,5H,1,7H2,(H2,8,9,10,11);2H,1,5H2,(H,6,7)(H,8,9);;/q;;;;;;;2*+2/p-4/t6*5-;2-;;/m0000000../s1. The third-order valence-electron chi connectivity index (χ3n) is 8.26. The van der Waals surface area contributed by atoms with Gasteiger partial charge in [-0.15, -0.1) is 0 Å². The minimum Gasteiger partial charge on any atom is -0.550 e. The van der Waals surface area contributed by atoms with E-state index in [1.54, 1.807) is 0 Å². The summed E-state index contributed by atoms with van der Waals surface area (Å²) in [5, 5.41) is 68.1. The number of carboxylic acid groups (broad SMARTS) is 8. The van der Waals surface area contributed by atoms with Crippen LogP contribution < -0.4 is 75.1 Å². The Labute approximate surface area is 462 Å². The van der Waals surface area contributed by atoms with Gasteiger partial charge in [0.05, 0.1) is 0 Å². The van der Waals surface area contributed by atoms with Crippen molar-refractivity contribution in [3.8, 4) is 0 Å². The van der Waals surface area contributed by atoms with E-state index in [1.807, 2.05) is 0 Å². The summed E-state index contributed by atoms with van der Waals surface area (Å²) >= 11 is 0. The van der Waals surface area contributed by atoms with E-state index < -0.39 is 96.5 Å². The van der Waals surface area contributed by atoms with E-state index >= 15 is 0 Å². The smallest absolute Gasteiger partial charge is 0.550 e. The Hall–Kier alpha value is -8.12. The van der Waals surface area contributed by atoms with Gasteiger partial charge in [-0.2, -0.15) is 0 Å². The summed E-state index contributed by atoms with van der Waals surface area (Å²) in [4.78, 5) is 126. The number of hydrogen-bond acceptors (Lipinski definition) is 22. The van der Waals surface area contributed by atoms with Crippen molar-refractivity contribution < 1.29 is 120 Å². The van der Waals surface area contributed by atoms with Crippen LogP contribution in [0.3, 0.4) is 0 Å². The molecule has 0 aromatic carbocycles. The predicted octanol–water partition coefficient (Wildman–Crippen LogP) is -8.17. The molecule has 37 heteroatoms. The topological polar surface area (TPSA) is 645 Å². The molecule has 6 aromatic rings. The first kappa shape index (κ1) is 73.1. The summed E-state index contributed by atoms with van der Waals surface area (Å²) in [5.74, 6) is -8.91. The van der Waals surface area contributed by atoms with Crippen LogP contribution in [-0.4, -0.2) is 156 Å². The Balaban J connectivity index is -0.000000198. The van der Waals surface area contributed by atoms with Crippen molar-refractivity contribution in [1.29, 1.82) is 0 Å². The fraction of sp³-hybridized carbons (Fsp3) is 0.350. The molecular formula is C40H57CuN19O16Zn. The normalized spacial score (nSPS) is 12.5. The molecule has 0 aliphatic rings. The first-order valence-corrected chi connectivity index (χ1v) is 20.8. The van der Waals surface area contributed by atoms with Crippen LogP contribution >= 0.6 is 0 Å². The van der Waals surface area contributed by atoms with Gasteiger partial charge in [-0.1, -0.05) is 109 Å². The molecule has 77 heavy (non-hydrogen) atoms. The van der Waals surface area contributed by atoms with Crippen LogP contribution in [0.1, 0.15) is 44.9 Å². The average Bonchev–Trinajstić information content (AvgIpc) is 4.20. The number of carbonyl (C=O) groups is 8. The second-order valence-electron chi connectivity index (χ2n) is 14.5. The second-order valence-corrected chi connectivity index (χ2v) is 14.5. The van der Waals surface area contributed by atoms with Crippen LogP contribution in [0.15, 0.2) is 75.1 Å². The summed E-state index contributed by atoms with van der Waals surface area (Å²) in [6, 6.07) is -6.65. The number of aromatic nitrogens is 12. The largest absolute Gasteiger partial charge is 2.00 e. The van der Waals surface area contributed by atoms with Crippen LogP contribution in [0.5, 0.6) is 0 Å². The summed E-state index contributed by atoms with van der Waals surface area (Å²) in [5.41, 5.74) is 39.9. The van der Waals surface area contributed by atoms with E-state index in [9.17, 15) is 43.5 Å². The third-order valence-corrected chi connectivity index (χ3v) is 8.26. The minimum absolute atomic E-state index is 0. The maximum atomic E-state index is 10.3. The number of carbonyl (C=O) groups excluding carboxylic acids is 1. The molecule has 0 fully saturated rings. The molecule has 0 amide bonds. The van der Waals surface area contributed by atoms with E-state index in [2.05, 4.69) is 59.8 Å². The molecule has 7 atom stereocenters. The van der Waals surface area contributed by atoms with E-state index in [4.69, 9.17) is 75.9 Å². The van der Waals surface area contributed by atoms with Crippen LogP contribution in [0.4, 0.5) is 0 Å². The van der Waals surface area contributed by atoms with Gasteiger partial charge in [-0.05, 0) is 38.5 Å². The number of nitrogens with two attached hydrogens (primary N) is 7. The quantitative estimate of drug-likeness (QED) is 0.0298.